The van der Waals surface area contributed by atoms with Gasteiger partial charge in [0, 0.05) is 18.2 Å². The maximum atomic E-state index is 9.78. The first-order chi connectivity index (χ1) is 10.2. The van der Waals surface area contributed by atoms with E-state index >= 15 is 0 Å². The molecule has 0 amide bonds. The normalized spacial score (nSPS) is 12.5. The lowest BCUT2D eigenvalue weighted by molar-refractivity contribution is 0.0289. The highest BCUT2D eigenvalue weighted by Crippen LogP contribution is 2.15. The summed E-state index contributed by atoms with van der Waals surface area (Å²) in [5, 5.41) is 22.3. The molecule has 0 fully saturated rings. The van der Waals surface area contributed by atoms with Gasteiger partial charge in [0.25, 0.3) is 0 Å². The molecule has 5 heteroatoms. The molecule has 1 rings (SSSR count). The van der Waals surface area contributed by atoms with Gasteiger partial charge in [0.05, 0.1) is 19.3 Å². The molecule has 0 saturated carbocycles. The van der Waals surface area contributed by atoms with Crippen molar-refractivity contribution in [1.29, 1.82) is 0 Å². The van der Waals surface area contributed by atoms with Gasteiger partial charge in [0.15, 0.2) is 0 Å². The number of nitrogens with one attached hydrogen (secondary N) is 1. The van der Waals surface area contributed by atoms with E-state index in [1.54, 1.807) is 0 Å². The van der Waals surface area contributed by atoms with Crippen molar-refractivity contribution >= 4 is 11.6 Å². The molecule has 0 bridgehead atoms. The standard InChI is InChI=1S/C16H26ClNO3/c17-16-8-4-3-7-14(16)12-21-13-15(20)11-18-9-5-1-2-6-10-19/h3-4,7-8,15,18-20H,1-2,5-6,9-13H2. The Morgan fingerprint density at radius 1 is 1.14 bits per heavy atom. The lowest BCUT2D eigenvalue weighted by atomic mass is 10.2. The van der Waals surface area contributed by atoms with Gasteiger partial charge in [-0.25, -0.2) is 0 Å². The molecule has 1 aromatic rings. The summed E-state index contributed by atoms with van der Waals surface area (Å²) < 4.78 is 5.47. The molecule has 1 aromatic carbocycles. The molecule has 3 N–H and O–H groups in total. The Balaban J connectivity index is 1.99. The number of hydrogen-bond acceptors (Lipinski definition) is 4. The van der Waals surface area contributed by atoms with E-state index in [0.717, 1.165) is 37.8 Å². The summed E-state index contributed by atoms with van der Waals surface area (Å²) in [4.78, 5) is 0. The molecule has 0 spiro atoms. The molecule has 0 aliphatic carbocycles. The predicted octanol–water partition coefficient (Wildman–Crippen LogP) is 2.36. The van der Waals surface area contributed by atoms with Crippen molar-refractivity contribution in [3.8, 4) is 0 Å². The maximum Gasteiger partial charge on any atom is 0.0897 e. The van der Waals surface area contributed by atoms with E-state index in [2.05, 4.69) is 5.32 Å². The highest BCUT2D eigenvalue weighted by molar-refractivity contribution is 6.31. The third-order valence-electron chi connectivity index (χ3n) is 3.17. The van der Waals surface area contributed by atoms with Crippen molar-refractivity contribution in [3.63, 3.8) is 0 Å². The molecule has 1 unspecified atom stereocenters. The SMILES string of the molecule is OCCCCCCNCC(O)COCc1ccccc1Cl. The zero-order chi connectivity index (χ0) is 15.3. The Bertz CT molecular complexity index is 376. The molecule has 0 radical (unpaired) electrons. The smallest absolute Gasteiger partial charge is 0.0897 e. The first-order valence-corrected chi connectivity index (χ1v) is 7.92. The largest absolute Gasteiger partial charge is 0.396 e. The molecule has 0 aliphatic rings. The molecule has 4 nitrogen and oxygen atoms in total. The molecular formula is C16H26ClNO3. The second-order valence-corrected chi connectivity index (χ2v) is 5.51. The van der Waals surface area contributed by atoms with Gasteiger partial charge in [0.1, 0.15) is 0 Å². The first-order valence-electron chi connectivity index (χ1n) is 7.55. The zero-order valence-electron chi connectivity index (χ0n) is 12.4. The number of hydrogen-bond donors (Lipinski definition) is 3. The van der Waals surface area contributed by atoms with Crippen LogP contribution in [-0.4, -0.2) is 42.6 Å². The average molecular weight is 316 g/mol. The van der Waals surface area contributed by atoms with E-state index in [-0.39, 0.29) is 6.61 Å². The highest BCUT2D eigenvalue weighted by Gasteiger charge is 2.05. The summed E-state index contributed by atoms with van der Waals surface area (Å²) >= 11 is 6.02. The second kappa shape index (κ2) is 12.0. The van der Waals surface area contributed by atoms with Gasteiger partial charge in [-0.1, -0.05) is 42.6 Å². The summed E-state index contributed by atoms with van der Waals surface area (Å²) in [7, 11) is 0. The fourth-order valence-corrected chi connectivity index (χ4v) is 2.15. The van der Waals surface area contributed by atoms with E-state index in [9.17, 15) is 5.11 Å². The lowest BCUT2D eigenvalue weighted by Gasteiger charge is -2.13. The molecular weight excluding hydrogens is 290 g/mol. The maximum absolute atomic E-state index is 9.78. The van der Waals surface area contributed by atoms with E-state index in [1.165, 1.54) is 0 Å². The number of halogens is 1. The van der Waals surface area contributed by atoms with Crippen LogP contribution < -0.4 is 5.32 Å². The Morgan fingerprint density at radius 3 is 2.67 bits per heavy atom. The Labute approximate surface area is 132 Å². The van der Waals surface area contributed by atoms with Gasteiger partial charge in [-0.2, -0.15) is 0 Å². The molecule has 21 heavy (non-hydrogen) atoms. The molecule has 0 heterocycles. The number of rotatable bonds is 12. The molecule has 0 aliphatic heterocycles. The fraction of sp³-hybridized carbons (Fsp3) is 0.625. The van der Waals surface area contributed by atoms with Crippen molar-refractivity contribution in [2.75, 3.05) is 26.3 Å². The van der Waals surface area contributed by atoms with Crippen LogP contribution in [0.15, 0.2) is 24.3 Å². The first kappa shape index (κ1) is 18.4. The fourth-order valence-electron chi connectivity index (χ4n) is 1.96. The van der Waals surface area contributed by atoms with Crippen molar-refractivity contribution in [2.45, 2.75) is 38.4 Å². The van der Waals surface area contributed by atoms with Crippen LogP contribution in [0.1, 0.15) is 31.2 Å². The summed E-state index contributed by atoms with van der Waals surface area (Å²) in [6.07, 6.45) is 3.59. The van der Waals surface area contributed by atoms with Crippen LogP contribution in [0.25, 0.3) is 0 Å². The van der Waals surface area contributed by atoms with Crippen LogP contribution in [-0.2, 0) is 11.3 Å². The Hall–Kier alpha value is -0.650. The van der Waals surface area contributed by atoms with Crippen molar-refractivity contribution in [3.05, 3.63) is 34.9 Å². The lowest BCUT2D eigenvalue weighted by Crippen LogP contribution is -2.31. The number of aliphatic hydroxyl groups is 2. The van der Waals surface area contributed by atoms with Crippen LogP contribution in [0.2, 0.25) is 5.02 Å². The van der Waals surface area contributed by atoms with Crippen LogP contribution in [0, 0.1) is 0 Å². The number of ether oxygens (including phenoxy) is 1. The summed E-state index contributed by atoms with van der Waals surface area (Å²) in [6.45, 7) is 2.39. The topological polar surface area (TPSA) is 61.7 Å². The second-order valence-electron chi connectivity index (χ2n) is 5.10. The van der Waals surface area contributed by atoms with Crippen LogP contribution in [0.3, 0.4) is 0 Å². The molecule has 0 saturated heterocycles. The summed E-state index contributed by atoms with van der Waals surface area (Å²) in [6, 6.07) is 7.54. The Morgan fingerprint density at radius 2 is 1.90 bits per heavy atom. The molecule has 0 aromatic heterocycles. The van der Waals surface area contributed by atoms with E-state index in [4.69, 9.17) is 21.4 Å². The van der Waals surface area contributed by atoms with Gasteiger partial charge < -0.3 is 20.3 Å². The monoisotopic (exact) mass is 315 g/mol. The number of unbranched alkanes of at least 4 members (excludes halogenated alkanes) is 3. The van der Waals surface area contributed by atoms with Gasteiger partial charge >= 0.3 is 0 Å². The van der Waals surface area contributed by atoms with Gasteiger partial charge in [-0.3, -0.25) is 0 Å². The predicted molar refractivity (Wildman–Crippen MR) is 85.5 cm³/mol. The molecule has 1 atom stereocenters. The highest BCUT2D eigenvalue weighted by atomic mass is 35.5. The number of benzene rings is 1. The van der Waals surface area contributed by atoms with Crippen molar-refractivity contribution < 1.29 is 14.9 Å². The van der Waals surface area contributed by atoms with Crippen LogP contribution in [0.4, 0.5) is 0 Å². The van der Waals surface area contributed by atoms with E-state index < -0.39 is 6.10 Å². The zero-order valence-corrected chi connectivity index (χ0v) is 13.2. The third-order valence-corrected chi connectivity index (χ3v) is 3.54. The van der Waals surface area contributed by atoms with Gasteiger partial charge in [-0.15, -0.1) is 0 Å². The third kappa shape index (κ3) is 9.06. The van der Waals surface area contributed by atoms with Crippen LogP contribution >= 0.6 is 11.6 Å². The average Bonchev–Trinajstić information content (AvgIpc) is 2.48. The van der Waals surface area contributed by atoms with E-state index in [1.807, 2.05) is 24.3 Å². The van der Waals surface area contributed by atoms with Gasteiger partial charge in [-0.05, 0) is 31.0 Å². The minimum absolute atomic E-state index is 0.273. The van der Waals surface area contributed by atoms with E-state index in [0.29, 0.717) is 24.8 Å². The minimum Gasteiger partial charge on any atom is -0.396 e. The molecule has 120 valence electrons. The van der Waals surface area contributed by atoms with Crippen LogP contribution in [0.5, 0.6) is 0 Å². The van der Waals surface area contributed by atoms with Crippen molar-refractivity contribution in [2.24, 2.45) is 0 Å². The van der Waals surface area contributed by atoms with Crippen molar-refractivity contribution in [1.82, 2.24) is 5.32 Å². The van der Waals surface area contributed by atoms with Gasteiger partial charge in [0.2, 0.25) is 0 Å². The summed E-state index contributed by atoms with van der Waals surface area (Å²) in [5.74, 6) is 0. The number of aliphatic hydroxyl groups excluding tert-OH is 2. The summed E-state index contributed by atoms with van der Waals surface area (Å²) in [5.41, 5.74) is 0.934. The Kier molecular flexibility index (Phi) is 10.5. The minimum atomic E-state index is -0.509. The quantitative estimate of drug-likeness (QED) is 0.518.